The van der Waals surface area contributed by atoms with Gasteiger partial charge < -0.3 is 15.6 Å². The Morgan fingerprint density at radius 2 is 2.06 bits per heavy atom. The van der Waals surface area contributed by atoms with Crippen LogP contribution >= 0.6 is 11.8 Å². The van der Waals surface area contributed by atoms with Gasteiger partial charge in [0.1, 0.15) is 11.9 Å². The Hall–Kier alpha value is -1.60. The van der Waals surface area contributed by atoms with Gasteiger partial charge in [0.05, 0.1) is 16.9 Å². The molecule has 6 nitrogen and oxygen atoms in total. The third-order valence-corrected chi connectivity index (χ3v) is 11.0. The van der Waals surface area contributed by atoms with Crippen molar-refractivity contribution < 1.29 is 19.4 Å². The highest BCUT2D eigenvalue weighted by molar-refractivity contribution is 7.99. The summed E-state index contributed by atoms with van der Waals surface area (Å²) in [4.78, 5) is 30.9. The topological polar surface area (TPSA) is 103 Å². The van der Waals surface area contributed by atoms with Crippen molar-refractivity contribution in [3.63, 3.8) is 0 Å². The molecule has 3 fully saturated rings. The number of carbonyl (C=O) groups excluding carboxylic acids is 2. The van der Waals surface area contributed by atoms with Crippen LogP contribution in [0.3, 0.4) is 0 Å². The molecule has 0 spiro atoms. The van der Waals surface area contributed by atoms with Crippen molar-refractivity contribution in [1.82, 2.24) is 4.98 Å². The van der Waals surface area contributed by atoms with Crippen LogP contribution < -0.4 is 5.73 Å². The summed E-state index contributed by atoms with van der Waals surface area (Å²) in [5.74, 6) is 0.197. The smallest absolute Gasteiger partial charge is 0.316 e. The fourth-order valence-electron chi connectivity index (χ4n) is 7.54. The summed E-state index contributed by atoms with van der Waals surface area (Å²) in [5, 5.41) is 12.3. The molecule has 7 heteroatoms. The van der Waals surface area contributed by atoms with E-state index < -0.39 is 23.0 Å². The molecular weight excluding hydrogens is 448 g/mol. The second-order valence-corrected chi connectivity index (χ2v) is 12.6. The highest BCUT2D eigenvalue weighted by atomic mass is 32.2. The third kappa shape index (κ3) is 3.97. The van der Waals surface area contributed by atoms with Gasteiger partial charge in [0.15, 0.2) is 0 Å². The first-order valence-electron chi connectivity index (χ1n) is 12.7. The lowest BCUT2D eigenvalue weighted by molar-refractivity contribution is -0.211. The summed E-state index contributed by atoms with van der Waals surface area (Å²) in [5.41, 5.74) is 5.38. The summed E-state index contributed by atoms with van der Waals surface area (Å²) >= 11 is 1.31. The minimum atomic E-state index is -0.545. The number of carbonyl (C=O) groups is 2. The van der Waals surface area contributed by atoms with Gasteiger partial charge in [0, 0.05) is 29.6 Å². The summed E-state index contributed by atoms with van der Waals surface area (Å²) in [6.07, 6.45) is 5.32. The number of aromatic nitrogens is 1. The van der Waals surface area contributed by atoms with Gasteiger partial charge in [-0.3, -0.25) is 9.59 Å². The maximum atomic E-state index is 13.4. The van der Waals surface area contributed by atoms with E-state index in [1.54, 1.807) is 18.3 Å². The van der Waals surface area contributed by atoms with E-state index in [-0.39, 0.29) is 40.7 Å². The van der Waals surface area contributed by atoms with Crippen LogP contribution in [-0.4, -0.2) is 39.8 Å². The lowest BCUT2D eigenvalue weighted by atomic mass is 9.43. The second kappa shape index (κ2) is 9.12. The Bertz CT molecular complexity index is 956. The number of nitrogens with zero attached hydrogens (tertiary/aromatic N) is 1. The fourth-order valence-corrected chi connectivity index (χ4v) is 8.23. The average molecular weight is 489 g/mol. The summed E-state index contributed by atoms with van der Waals surface area (Å²) in [7, 11) is 0. The first-order valence-corrected chi connectivity index (χ1v) is 13.7. The lowest BCUT2D eigenvalue weighted by Gasteiger charge is -2.62. The number of aliphatic hydroxyl groups is 1. The summed E-state index contributed by atoms with van der Waals surface area (Å²) < 4.78 is 6.29. The van der Waals surface area contributed by atoms with Gasteiger partial charge in [0.25, 0.3) is 0 Å². The normalized spacial score (nSPS) is 41.9. The molecule has 1 aromatic heterocycles. The Kier molecular flexibility index (Phi) is 6.84. The molecule has 0 aliphatic heterocycles. The van der Waals surface area contributed by atoms with Gasteiger partial charge in [-0.1, -0.05) is 46.4 Å². The van der Waals surface area contributed by atoms with Gasteiger partial charge in [-0.2, -0.15) is 0 Å². The molecule has 1 aromatic rings. The number of Topliss-reactive ketones (excluding diaryl/α,β-unsaturated/α-hetero) is 1. The molecule has 3 aliphatic rings. The van der Waals surface area contributed by atoms with Crippen LogP contribution in [0.15, 0.2) is 23.4 Å². The number of nitrogens with two attached hydrogens (primary N) is 1. The van der Waals surface area contributed by atoms with Crippen LogP contribution in [0.1, 0.15) is 73.1 Å². The number of thioether (sulfide) groups is 1. The molecule has 0 saturated heterocycles. The van der Waals surface area contributed by atoms with E-state index in [0.29, 0.717) is 23.6 Å². The molecule has 1 unspecified atom stereocenters. The van der Waals surface area contributed by atoms with Gasteiger partial charge in [-0.25, -0.2) is 4.98 Å². The van der Waals surface area contributed by atoms with Crippen LogP contribution in [-0.2, 0) is 14.3 Å². The number of nitrogen functional groups attached to an aromatic ring is 1. The molecule has 8 atom stereocenters. The Morgan fingerprint density at radius 3 is 2.74 bits per heavy atom. The zero-order valence-corrected chi connectivity index (χ0v) is 22.0. The number of pyridine rings is 1. The number of hydrogen-bond acceptors (Lipinski definition) is 7. The van der Waals surface area contributed by atoms with Crippen molar-refractivity contribution in [1.29, 1.82) is 0 Å². The van der Waals surface area contributed by atoms with E-state index in [1.807, 2.05) is 0 Å². The van der Waals surface area contributed by atoms with Crippen molar-refractivity contribution in [2.24, 2.45) is 34.0 Å². The van der Waals surface area contributed by atoms with Gasteiger partial charge >= 0.3 is 5.97 Å². The molecular formula is C27H40N2O4S. The van der Waals surface area contributed by atoms with Crippen molar-refractivity contribution in [2.45, 2.75) is 90.4 Å². The van der Waals surface area contributed by atoms with E-state index in [9.17, 15) is 14.7 Å². The van der Waals surface area contributed by atoms with E-state index in [4.69, 9.17) is 10.5 Å². The number of rotatable bonds is 5. The Balaban J connectivity index is 1.68. The molecule has 0 amide bonds. The van der Waals surface area contributed by atoms with Gasteiger partial charge in [-0.15, -0.1) is 0 Å². The van der Waals surface area contributed by atoms with Crippen molar-refractivity contribution in [2.75, 3.05) is 11.5 Å². The molecule has 3 aliphatic carbocycles. The largest absolute Gasteiger partial charge is 0.461 e. The highest BCUT2D eigenvalue weighted by Gasteiger charge is 2.68. The van der Waals surface area contributed by atoms with E-state index in [1.165, 1.54) is 11.8 Å². The maximum absolute atomic E-state index is 13.4. The zero-order valence-electron chi connectivity index (χ0n) is 21.2. The van der Waals surface area contributed by atoms with Gasteiger partial charge in [-0.05, 0) is 66.9 Å². The molecule has 3 saturated carbocycles. The summed E-state index contributed by atoms with van der Waals surface area (Å²) in [6, 6.07) is 3.46. The van der Waals surface area contributed by atoms with E-state index in [0.717, 1.165) is 25.7 Å². The Morgan fingerprint density at radius 1 is 1.32 bits per heavy atom. The van der Waals surface area contributed by atoms with Crippen LogP contribution in [0.2, 0.25) is 0 Å². The lowest BCUT2D eigenvalue weighted by Crippen LogP contribution is -2.63. The third-order valence-electron chi connectivity index (χ3n) is 10.1. The van der Waals surface area contributed by atoms with E-state index >= 15 is 0 Å². The maximum Gasteiger partial charge on any atom is 0.316 e. The zero-order chi connectivity index (χ0) is 24.9. The molecule has 0 aromatic carbocycles. The second-order valence-electron chi connectivity index (χ2n) is 11.6. The van der Waals surface area contributed by atoms with Crippen molar-refractivity contribution in [3.8, 4) is 0 Å². The minimum Gasteiger partial charge on any atom is -0.461 e. The SMILES string of the molecule is CC[C@]1(C)C[C@@H](OC(=O)CSc2cc(N)ccn2)[C@@]2(C)C3C(=O)CC[C@@]3(CC[C@H]2C)[C@@H](C)[C@@H]1O. The van der Waals surface area contributed by atoms with Gasteiger partial charge in [0.2, 0.25) is 0 Å². The quantitative estimate of drug-likeness (QED) is 0.449. The van der Waals surface area contributed by atoms with Crippen LogP contribution in [0.5, 0.6) is 0 Å². The first-order chi connectivity index (χ1) is 16.0. The average Bonchev–Trinajstić information content (AvgIpc) is 3.16. The van der Waals surface area contributed by atoms with E-state index in [2.05, 4.69) is 39.6 Å². The molecule has 2 bridgehead atoms. The highest BCUT2D eigenvalue weighted by Crippen LogP contribution is 2.68. The summed E-state index contributed by atoms with van der Waals surface area (Å²) in [6.45, 7) is 10.8. The standard InChI is InChI=1S/C27H40N2O4S/c1-6-25(4)14-20(33-22(31)15-34-21-13-18(28)9-12-29-21)26(5)16(2)7-10-27(17(3)24(25)32)11-8-19(30)23(26)27/h9,12-13,16-17,20,23-24,32H,6-8,10-11,14-15H2,1-5H3,(H2,28,29)/t16-,17+,20-,23?,24+,25-,26+,27+/m1/s1. The predicted molar refractivity (Wildman–Crippen MR) is 134 cm³/mol. The monoisotopic (exact) mass is 488 g/mol. The van der Waals surface area contributed by atoms with Crippen LogP contribution in [0.4, 0.5) is 5.69 Å². The Labute approximate surface area is 207 Å². The molecule has 1 heterocycles. The number of ketones is 1. The number of anilines is 1. The van der Waals surface area contributed by atoms with Crippen molar-refractivity contribution >= 4 is 29.2 Å². The molecule has 0 radical (unpaired) electrons. The number of hydrogen-bond donors (Lipinski definition) is 2. The minimum absolute atomic E-state index is 0.0301. The molecule has 4 rings (SSSR count). The molecule has 34 heavy (non-hydrogen) atoms. The van der Waals surface area contributed by atoms with Crippen LogP contribution in [0.25, 0.3) is 0 Å². The molecule has 3 N–H and O–H groups in total. The van der Waals surface area contributed by atoms with Crippen molar-refractivity contribution in [3.05, 3.63) is 18.3 Å². The predicted octanol–water partition coefficient (Wildman–Crippen LogP) is 4.89. The number of esters is 1. The van der Waals surface area contributed by atoms with Crippen LogP contribution in [0, 0.1) is 34.0 Å². The number of aliphatic hydroxyl groups excluding tert-OH is 1. The molecule has 188 valence electrons. The first kappa shape index (κ1) is 25.5. The fraction of sp³-hybridized carbons (Fsp3) is 0.741. The number of ether oxygens (including phenoxy) is 1.